The van der Waals surface area contributed by atoms with E-state index >= 15 is 0 Å². The SMILES string of the molecule is CC(CNC(=O)C(c1ccccc1)N1CCS(=O)(=O)CC1)N1CCN(c2ccccc2)CC1. The molecule has 2 aromatic carbocycles. The van der Waals surface area contributed by atoms with E-state index in [4.69, 9.17) is 0 Å². The first kappa shape index (κ1) is 23.7. The minimum absolute atomic E-state index is 0.0599. The summed E-state index contributed by atoms with van der Waals surface area (Å²) in [7, 11) is -3.01. The maximum Gasteiger partial charge on any atom is 0.242 e. The van der Waals surface area contributed by atoms with E-state index in [1.54, 1.807) is 0 Å². The first-order chi connectivity index (χ1) is 15.9. The molecule has 2 saturated heterocycles. The van der Waals surface area contributed by atoms with Crippen LogP contribution in [0.4, 0.5) is 5.69 Å². The molecule has 1 amide bonds. The molecule has 0 saturated carbocycles. The fraction of sp³-hybridized carbons (Fsp3) is 0.480. The van der Waals surface area contributed by atoms with Crippen LogP contribution in [-0.2, 0) is 14.6 Å². The number of hydrogen-bond donors (Lipinski definition) is 1. The lowest BCUT2D eigenvalue weighted by molar-refractivity contribution is -0.126. The molecular formula is C25H34N4O3S. The molecule has 7 nitrogen and oxygen atoms in total. The van der Waals surface area contributed by atoms with Crippen molar-refractivity contribution in [3.8, 4) is 0 Å². The molecule has 33 heavy (non-hydrogen) atoms. The Morgan fingerprint density at radius 1 is 0.848 bits per heavy atom. The number of nitrogens with zero attached hydrogens (tertiary/aromatic N) is 3. The summed E-state index contributed by atoms with van der Waals surface area (Å²) in [6, 6.07) is 19.9. The van der Waals surface area contributed by atoms with Crippen molar-refractivity contribution in [2.24, 2.45) is 0 Å². The molecule has 2 heterocycles. The highest BCUT2D eigenvalue weighted by Crippen LogP contribution is 2.23. The van der Waals surface area contributed by atoms with Crippen LogP contribution >= 0.6 is 0 Å². The summed E-state index contributed by atoms with van der Waals surface area (Å²) in [6.07, 6.45) is 0. The van der Waals surface area contributed by atoms with Gasteiger partial charge in [-0.25, -0.2) is 8.42 Å². The Morgan fingerprint density at radius 3 is 2.03 bits per heavy atom. The van der Waals surface area contributed by atoms with Gasteiger partial charge in [0.15, 0.2) is 9.84 Å². The number of sulfone groups is 1. The summed E-state index contributed by atoms with van der Waals surface area (Å²) in [5.74, 6) is 0.146. The molecule has 0 spiro atoms. The van der Waals surface area contributed by atoms with E-state index in [9.17, 15) is 13.2 Å². The molecule has 0 aliphatic carbocycles. The normalized spacial score (nSPS) is 21.3. The monoisotopic (exact) mass is 470 g/mol. The van der Waals surface area contributed by atoms with E-state index in [0.29, 0.717) is 19.6 Å². The lowest BCUT2D eigenvalue weighted by atomic mass is 10.0. The van der Waals surface area contributed by atoms with Crippen molar-refractivity contribution in [1.29, 1.82) is 0 Å². The highest BCUT2D eigenvalue weighted by molar-refractivity contribution is 7.91. The minimum Gasteiger partial charge on any atom is -0.369 e. The van der Waals surface area contributed by atoms with Gasteiger partial charge in [-0.1, -0.05) is 48.5 Å². The van der Waals surface area contributed by atoms with Crippen molar-refractivity contribution < 1.29 is 13.2 Å². The third kappa shape index (κ3) is 6.13. The second-order valence-electron chi connectivity index (χ2n) is 8.95. The summed E-state index contributed by atoms with van der Waals surface area (Å²) in [4.78, 5) is 20.1. The maximum atomic E-state index is 13.3. The van der Waals surface area contributed by atoms with Crippen LogP contribution in [0, 0.1) is 0 Å². The van der Waals surface area contributed by atoms with Gasteiger partial charge in [0.05, 0.1) is 11.5 Å². The summed E-state index contributed by atoms with van der Waals surface area (Å²) in [5, 5.41) is 3.15. The van der Waals surface area contributed by atoms with Crippen LogP contribution in [-0.4, -0.2) is 87.5 Å². The van der Waals surface area contributed by atoms with Crippen molar-refractivity contribution in [2.75, 3.05) is 62.2 Å². The molecule has 8 heteroatoms. The third-order valence-corrected chi connectivity index (χ3v) is 8.35. The van der Waals surface area contributed by atoms with Crippen molar-refractivity contribution >= 4 is 21.4 Å². The predicted molar refractivity (Wildman–Crippen MR) is 132 cm³/mol. The van der Waals surface area contributed by atoms with E-state index in [1.807, 2.05) is 41.3 Å². The average molecular weight is 471 g/mol. The van der Waals surface area contributed by atoms with Crippen LogP contribution in [0.3, 0.4) is 0 Å². The quantitative estimate of drug-likeness (QED) is 0.665. The Hall–Kier alpha value is -2.42. The van der Waals surface area contributed by atoms with E-state index < -0.39 is 15.9 Å². The van der Waals surface area contributed by atoms with Crippen molar-refractivity contribution in [1.82, 2.24) is 15.1 Å². The average Bonchev–Trinajstić information content (AvgIpc) is 2.85. The molecule has 2 unspecified atom stereocenters. The zero-order chi connectivity index (χ0) is 23.3. The molecule has 0 bridgehead atoms. The van der Waals surface area contributed by atoms with Gasteiger partial charge in [-0.15, -0.1) is 0 Å². The van der Waals surface area contributed by atoms with Gasteiger partial charge in [-0.05, 0) is 24.6 Å². The number of rotatable bonds is 7. The Kier molecular flexibility index (Phi) is 7.67. The topological polar surface area (TPSA) is 73.0 Å². The van der Waals surface area contributed by atoms with Gasteiger partial charge in [0.1, 0.15) is 6.04 Å². The predicted octanol–water partition coefficient (Wildman–Crippen LogP) is 1.79. The molecule has 2 aliphatic heterocycles. The number of hydrogen-bond acceptors (Lipinski definition) is 6. The van der Waals surface area contributed by atoms with E-state index in [1.165, 1.54) is 5.69 Å². The largest absolute Gasteiger partial charge is 0.369 e. The van der Waals surface area contributed by atoms with Gasteiger partial charge in [-0.2, -0.15) is 0 Å². The standard InChI is InChI=1S/C25H34N4O3S/c1-21(27-12-14-28(15-13-27)23-10-6-3-7-11-23)20-26-25(30)24(22-8-4-2-5-9-22)29-16-18-33(31,32)19-17-29/h2-11,21,24H,12-20H2,1H3,(H,26,30). The van der Waals surface area contributed by atoms with Crippen LogP contribution in [0.1, 0.15) is 18.5 Å². The number of carbonyl (C=O) groups excluding carboxylic acids is 1. The minimum atomic E-state index is -3.01. The van der Waals surface area contributed by atoms with Crippen molar-refractivity contribution in [2.45, 2.75) is 19.0 Å². The Bertz CT molecular complexity index is 994. The van der Waals surface area contributed by atoms with Crippen LogP contribution < -0.4 is 10.2 Å². The molecule has 2 atom stereocenters. The highest BCUT2D eigenvalue weighted by Gasteiger charge is 2.33. The van der Waals surface area contributed by atoms with E-state index in [0.717, 1.165) is 31.7 Å². The number of para-hydroxylation sites is 1. The number of nitrogens with one attached hydrogen (secondary N) is 1. The number of carbonyl (C=O) groups is 1. The van der Waals surface area contributed by atoms with E-state index in [2.05, 4.69) is 46.3 Å². The third-order valence-electron chi connectivity index (χ3n) is 6.74. The molecule has 0 aromatic heterocycles. The molecule has 2 aromatic rings. The second-order valence-corrected chi connectivity index (χ2v) is 11.3. The van der Waals surface area contributed by atoms with Crippen LogP contribution in [0.15, 0.2) is 60.7 Å². The van der Waals surface area contributed by atoms with Crippen molar-refractivity contribution in [3.05, 3.63) is 66.2 Å². The van der Waals surface area contributed by atoms with Gasteiger partial charge >= 0.3 is 0 Å². The molecule has 4 rings (SSSR count). The lowest BCUT2D eigenvalue weighted by Crippen LogP contribution is -2.53. The van der Waals surface area contributed by atoms with E-state index in [-0.39, 0.29) is 23.5 Å². The van der Waals surface area contributed by atoms with Gasteiger partial charge in [0, 0.05) is 57.5 Å². The fourth-order valence-corrected chi connectivity index (χ4v) is 5.91. The summed E-state index contributed by atoms with van der Waals surface area (Å²) in [6.45, 7) is 7.34. The van der Waals surface area contributed by atoms with Gasteiger partial charge < -0.3 is 10.2 Å². The maximum absolute atomic E-state index is 13.3. The lowest BCUT2D eigenvalue weighted by Gasteiger charge is -2.39. The zero-order valence-electron chi connectivity index (χ0n) is 19.3. The van der Waals surface area contributed by atoms with Gasteiger partial charge in [0.2, 0.25) is 5.91 Å². The van der Waals surface area contributed by atoms with Crippen LogP contribution in [0.5, 0.6) is 0 Å². The van der Waals surface area contributed by atoms with Crippen LogP contribution in [0.2, 0.25) is 0 Å². The smallest absolute Gasteiger partial charge is 0.242 e. The highest BCUT2D eigenvalue weighted by atomic mass is 32.2. The summed E-state index contributed by atoms with van der Waals surface area (Å²) in [5.41, 5.74) is 2.16. The number of amides is 1. The van der Waals surface area contributed by atoms with Crippen molar-refractivity contribution in [3.63, 3.8) is 0 Å². The molecular weight excluding hydrogens is 436 g/mol. The molecule has 178 valence electrons. The summed E-state index contributed by atoms with van der Waals surface area (Å²) < 4.78 is 23.8. The Morgan fingerprint density at radius 2 is 1.42 bits per heavy atom. The van der Waals surface area contributed by atoms with Gasteiger partial charge in [0.25, 0.3) is 0 Å². The number of piperazine rings is 1. The summed E-state index contributed by atoms with van der Waals surface area (Å²) >= 11 is 0. The van der Waals surface area contributed by atoms with Crippen LogP contribution in [0.25, 0.3) is 0 Å². The Balaban J connectivity index is 1.33. The number of anilines is 1. The van der Waals surface area contributed by atoms with Gasteiger partial charge in [-0.3, -0.25) is 14.6 Å². The molecule has 1 N–H and O–H groups in total. The first-order valence-corrected chi connectivity index (χ1v) is 13.6. The molecule has 2 aliphatic rings. The molecule has 2 fully saturated rings. The molecule has 0 radical (unpaired) electrons. The number of benzene rings is 2. The first-order valence-electron chi connectivity index (χ1n) is 11.7. The Labute approximate surface area is 197 Å². The zero-order valence-corrected chi connectivity index (χ0v) is 20.1. The fourth-order valence-electron chi connectivity index (χ4n) is 4.68. The second kappa shape index (κ2) is 10.7.